The number of anilines is 1. The second kappa shape index (κ2) is 10.1. The molecule has 0 spiro atoms. The molecule has 1 aliphatic carbocycles. The Bertz CT molecular complexity index is 887. The molecular weight excluding hydrogens is 412 g/mol. The average Bonchev–Trinajstić information content (AvgIpc) is 3.54. The quantitative estimate of drug-likeness (QED) is 0.343. The summed E-state index contributed by atoms with van der Waals surface area (Å²) in [6.45, 7) is 5.53. The van der Waals surface area contributed by atoms with Crippen molar-refractivity contribution < 1.29 is 19.1 Å². The molecule has 1 amide bonds. The Kier molecular flexibility index (Phi) is 7.49. The van der Waals surface area contributed by atoms with E-state index in [0.29, 0.717) is 0 Å². The van der Waals surface area contributed by atoms with Crippen LogP contribution >= 0.6 is 11.8 Å². The van der Waals surface area contributed by atoms with Gasteiger partial charge in [0.2, 0.25) is 0 Å². The van der Waals surface area contributed by atoms with Crippen LogP contribution in [0.3, 0.4) is 0 Å². The molecule has 2 aromatic rings. The Morgan fingerprint density at radius 3 is 2.26 bits per heavy atom. The second-order valence-electron chi connectivity index (χ2n) is 8.74. The van der Waals surface area contributed by atoms with Crippen LogP contribution in [-0.4, -0.2) is 23.7 Å². The molecule has 1 fully saturated rings. The Labute approximate surface area is 187 Å². The number of rotatable bonds is 8. The molecule has 0 unspecified atom stereocenters. The molecule has 3 rings (SSSR count). The van der Waals surface area contributed by atoms with Gasteiger partial charge in [0, 0.05) is 16.3 Å². The third-order valence-electron chi connectivity index (χ3n) is 4.71. The second-order valence-corrected chi connectivity index (χ2v) is 9.79. The van der Waals surface area contributed by atoms with E-state index < -0.39 is 23.7 Å². The highest BCUT2D eigenvalue weighted by Crippen LogP contribution is 2.33. The summed E-state index contributed by atoms with van der Waals surface area (Å²) >= 11 is 1.74. The van der Waals surface area contributed by atoms with E-state index in [9.17, 15) is 9.59 Å². The first kappa shape index (κ1) is 23.0. The topological polar surface area (TPSA) is 90.6 Å². The summed E-state index contributed by atoms with van der Waals surface area (Å²) in [5.74, 6) is 0.539. The molecule has 166 valence electrons. The normalized spacial score (nSPS) is 14.5. The van der Waals surface area contributed by atoms with Crippen LogP contribution in [0.1, 0.15) is 44.7 Å². The smallest absolute Gasteiger partial charge is 0.408 e. The summed E-state index contributed by atoms with van der Waals surface area (Å²) in [6.07, 6.45) is 1.20. The lowest BCUT2D eigenvalue weighted by molar-refractivity contribution is -0.148. The number of esters is 1. The highest BCUT2D eigenvalue weighted by Gasteiger charge is 2.39. The number of hydrogen-bond donors (Lipinski definition) is 2. The van der Waals surface area contributed by atoms with Crippen LogP contribution in [0.15, 0.2) is 53.4 Å². The third-order valence-corrected chi connectivity index (χ3v) is 5.79. The molecule has 6 nitrogen and oxygen atoms in total. The van der Waals surface area contributed by atoms with E-state index in [1.54, 1.807) is 32.5 Å². The molecule has 0 saturated heterocycles. The summed E-state index contributed by atoms with van der Waals surface area (Å²) in [5, 5.41) is 2.67. The summed E-state index contributed by atoms with van der Waals surface area (Å²) in [4.78, 5) is 25.8. The largest absolute Gasteiger partial charge is 0.459 e. The fourth-order valence-corrected chi connectivity index (χ4v) is 3.79. The van der Waals surface area contributed by atoms with Gasteiger partial charge < -0.3 is 20.5 Å². The monoisotopic (exact) mass is 442 g/mol. The zero-order valence-electron chi connectivity index (χ0n) is 18.2. The van der Waals surface area contributed by atoms with Gasteiger partial charge in [0.15, 0.2) is 0 Å². The summed E-state index contributed by atoms with van der Waals surface area (Å²) in [5.41, 5.74) is 7.94. The summed E-state index contributed by atoms with van der Waals surface area (Å²) in [6, 6.07) is 15.1. The number of ether oxygens (including phenoxy) is 2. The molecule has 31 heavy (non-hydrogen) atoms. The van der Waals surface area contributed by atoms with Gasteiger partial charge in [-0.2, -0.15) is 0 Å². The van der Waals surface area contributed by atoms with Crippen molar-refractivity contribution in [1.29, 1.82) is 0 Å². The third kappa shape index (κ3) is 7.83. The fourth-order valence-electron chi connectivity index (χ4n) is 2.94. The standard InChI is InChI=1S/C24H30N2O4S/c1-24(2,3)30-23(28)26-21(18-8-9-18)22(27)29-14-16-4-6-17(7-5-16)15-31-20-12-10-19(25)11-13-20/h4-7,10-13,18,21H,8-9,14-15,25H2,1-3H3,(H,26,28)/t21-/m0/s1. The molecule has 0 aliphatic heterocycles. The van der Waals surface area contributed by atoms with Gasteiger partial charge in [0.1, 0.15) is 18.2 Å². The van der Waals surface area contributed by atoms with Crippen LogP contribution in [0.4, 0.5) is 10.5 Å². The van der Waals surface area contributed by atoms with Crippen molar-refractivity contribution >= 4 is 29.5 Å². The number of nitrogen functional groups attached to an aromatic ring is 1. The molecule has 7 heteroatoms. The lowest BCUT2D eigenvalue weighted by Gasteiger charge is -2.22. The summed E-state index contributed by atoms with van der Waals surface area (Å²) < 4.78 is 10.7. The van der Waals surface area contributed by atoms with Gasteiger partial charge in [-0.1, -0.05) is 24.3 Å². The zero-order chi connectivity index (χ0) is 22.4. The van der Waals surface area contributed by atoms with Gasteiger partial charge in [-0.3, -0.25) is 0 Å². The van der Waals surface area contributed by atoms with Crippen LogP contribution in [0, 0.1) is 5.92 Å². The first-order valence-corrected chi connectivity index (χ1v) is 11.4. The minimum atomic E-state index is -0.662. The number of thioether (sulfide) groups is 1. The number of alkyl carbamates (subject to hydrolysis) is 1. The van der Waals surface area contributed by atoms with Crippen LogP contribution in [0.5, 0.6) is 0 Å². The first-order chi connectivity index (χ1) is 14.7. The lowest BCUT2D eigenvalue weighted by atomic mass is 10.1. The molecular formula is C24H30N2O4S. The number of carbonyl (C=O) groups excluding carboxylic acids is 2. The van der Waals surface area contributed by atoms with E-state index >= 15 is 0 Å². The van der Waals surface area contributed by atoms with Gasteiger partial charge in [0.25, 0.3) is 0 Å². The Morgan fingerprint density at radius 2 is 1.68 bits per heavy atom. The molecule has 0 heterocycles. The number of benzene rings is 2. The highest BCUT2D eigenvalue weighted by atomic mass is 32.2. The Balaban J connectivity index is 1.47. The van der Waals surface area contributed by atoms with Crippen LogP contribution < -0.4 is 11.1 Å². The molecule has 0 bridgehead atoms. The molecule has 3 N–H and O–H groups in total. The number of hydrogen-bond acceptors (Lipinski definition) is 6. The van der Waals surface area contributed by atoms with Gasteiger partial charge in [-0.15, -0.1) is 11.8 Å². The molecule has 0 aromatic heterocycles. The van der Waals surface area contributed by atoms with Crippen molar-refractivity contribution in [2.75, 3.05) is 5.73 Å². The maximum Gasteiger partial charge on any atom is 0.408 e. The van der Waals surface area contributed by atoms with Crippen molar-refractivity contribution in [3.05, 3.63) is 59.7 Å². The van der Waals surface area contributed by atoms with Gasteiger partial charge in [-0.25, -0.2) is 9.59 Å². The van der Waals surface area contributed by atoms with Crippen LogP contribution in [0.2, 0.25) is 0 Å². The lowest BCUT2D eigenvalue weighted by Crippen LogP contribution is -2.45. The van der Waals surface area contributed by atoms with Crippen LogP contribution in [-0.2, 0) is 26.6 Å². The van der Waals surface area contributed by atoms with E-state index in [4.69, 9.17) is 15.2 Å². The first-order valence-electron chi connectivity index (χ1n) is 10.4. The molecule has 0 radical (unpaired) electrons. The average molecular weight is 443 g/mol. The van der Waals surface area contributed by atoms with E-state index in [1.807, 2.05) is 48.5 Å². The van der Waals surface area contributed by atoms with E-state index in [2.05, 4.69) is 5.32 Å². The number of amides is 1. The number of nitrogens with two attached hydrogens (primary N) is 1. The van der Waals surface area contributed by atoms with Crippen molar-refractivity contribution in [3.8, 4) is 0 Å². The molecule has 2 aromatic carbocycles. The van der Waals surface area contributed by atoms with Gasteiger partial charge in [-0.05, 0) is 74.9 Å². The Hall–Kier alpha value is -2.67. The molecule has 1 atom stereocenters. The van der Waals surface area contributed by atoms with Crippen LogP contribution in [0.25, 0.3) is 0 Å². The van der Waals surface area contributed by atoms with Crippen molar-refractivity contribution in [2.24, 2.45) is 5.92 Å². The van der Waals surface area contributed by atoms with E-state index in [1.165, 1.54) is 5.56 Å². The van der Waals surface area contributed by atoms with Crippen molar-refractivity contribution in [2.45, 2.75) is 62.5 Å². The SMILES string of the molecule is CC(C)(C)OC(=O)N[C@H](C(=O)OCc1ccc(CSc2ccc(N)cc2)cc1)C1CC1. The van der Waals surface area contributed by atoms with E-state index in [0.717, 1.165) is 34.7 Å². The predicted octanol–water partition coefficient (Wildman–Crippen LogP) is 4.91. The Morgan fingerprint density at radius 1 is 1.06 bits per heavy atom. The van der Waals surface area contributed by atoms with Crippen molar-refractivity contribution in [3.63, 3.8) is 0 Å². The number of nitrogens with one attached hydrogen (secondary N) is 1. The maximum absolute atomic E-state index is 12.5. The summed E-state index contributed by atoms with van der Waals surface area (Å²) in [7, 11) is 0. The minimum absolute atomic E-state index is 0.118. The molecule has 1 saturated carbocycles. The predicted molar refractivity (Wildman–Crippen MR) is 123 cm³/mol. The van der Waals surface area contributed by atoms with Gasteiger partial charge >= 0.3 is 12.1 Å². The highest BCUT2D eigenvalue weighted by molar-refractivity contribution is 7.98. The van der Waals surface area contributed by atoms with Crippen molar-refractivity contribution in [1.82, 2.24) is 5.32 Å². The maximum atomic E-state index is 12.5. The fraction of sp³-hybridized carbons (Fsp3) is 0.417. The minimum Gasteiger partial charge on any atom is -0.459 e. The van der Waals surface area contributed by atoms with Gasteiger partial charge in [0.05, 0.1) is 0 Å². The number of carbonyl (C=O) groups is 2. The molecule has 1 aliphatic rings. The van der Waals surface area contributed by atoms with E-state index in [-0.39, 0.29) is 12.5 Å². The zero-order valence-corrected chi connectivity index (χ0v) is 19.0.